The number of benzene rings is 1. The van der Waals surface area contributed by atoms with Crippen molar-refractivity contribution in [2.75, 3.05) is 19.0 Å². The molecule has 0 N–H and O–H groups in total. The Labute approximate surface area is 109 Å². The molecule has 0 bridgehead atoms. The third-order valence-electron chi connectivity index (χ3n) is 3.00. The van der Waals surface area contributed by atoms with E-state index in [1.54, 1.807) is 0 Å². The maximum atomic E-state index is 11.9. The number of rotatable bonds is 4. The molecular weight excluding hydrogens is 250 g/mol. The van der Waals surface area contributed by atoms with Crippen molar-refractivity contribution in [3.05, 3.63) is 24.3 Å². The second kappa shape index (κ2) is 5.12. The number of hydrogen-bond donors (Lipinski definition) is 0. The third-order valence-corrected chi connectivity index (χ3v) is 3.85. The fraction of sp³-hybridized carbons (Fsp3) is 0.385. The van der Waals surface area contributed by atoms with Gasteiger partial charge in [-0.1, -0.05) is 23.9 Å². The van der Waals surface area contributed by atoms with Crippen LogP contribution in [0.3, 0.4) is 0 Å². The molecule has 18 heavy (non-hydrogen) atoms. The monoisotopic (exact) mass is 263 g/mol. The van der Waals surface area contributed by atoms with Crippen LogP contribution in [0.1, 0.15) is 6.42 Å². The fourth-order valence-electron chi connectivity index (χ4n) is 1.95. The van der Waals surface area contributed by atoms with E-state index in [1.807, 2.05) is 24.3 Å². The van der Waals surface area contributed by atoms with Crippen molar-refractivity contribution in [2.45, 2.75) is 11.6 Å². The molecule has 94 valence electrons. The van der Waals surface area contributed by atoms with Crippen LogP contribution in [0, 0.1) is 5.92 Å². The summed E-state index contributed by atoms with van der Waals surface area (Å²) in [4.78, 5) is 16.2. The van der Waals surface area contributed by atoms with Crippen LogP contribution in [0.2, 0.25) is 0 Å². The summed E-state index contributed by atoms with van der Waals surface area (Å²) >= 11 is 1.36. The highest BCUT2D eigenvalue weighted by Gasteiger charge is 2.23. The number of ether oxygens (including phenoxy) is 1. The molecule has 0 saturated carbocycles. The Balaban J connectivity index is 1.63. The minimum absolute atomic E-state index is 0.0573. The number of hydrogen-bond acceptors (Lipinski definition) is 5. The first-order valence-electron chi connectivity index (χ1n) is 5.92. The Hall–Kier alpha value is -1.33. The van der Waals surface area contributed by atoms with Crippen LogP contribution in [0.25, 0.3) is 11.1 Å². The van der Waals surface area contributed by atoms with Gasteiger partial charge in [0.25, 0.3) is 5.22 Å². The average molecular weight is 263 g/mol. The van der Waals surface area contributed by atoms with Gasteiger partial charge in [-0.05, 0) is 18.6 Å². The fourth-order valence-corrected chi connectivity index (χ4v) is 2.77. The molecule has 2 aromatic rings. The lowest BCUT2D eigenvalue weighted by atomic mass is 10.1. The average Bonchev–Trinajstić information content (AvgIpc) is 3.04. The molecular formula is C13H13NO3S. The Kier molecular flexibility index (Phi) is 3.34. The summed E-state index contributed by atoms with van der Waals surface area (Å²) in [6.45, 7) is 1.26. The number of carbonyl (C=O) groups excluding carboxylic acids is 1. The molecule has 1 unspecified atom stereocenters. The number of ketones is 1. The van der Waals surface area contributed by atoms with Crippen molar-refractivity contribution >= 4 is 28.6 Å². The van der Waals surface area contributed by atoms with Crippen molar-refractivity contribution in [3.63, 3.8) is 0 Å². The molecule has 2 heterocycles. The molecule has 1 aromatic heterocycles. The Morgan fingerprint density at radius 1 is 1.44 bits per heavy atom. The van der Waals surface area contributed by atoms with Gasteiger partial charge in [-0.2, -0.15) is 0 Å². The minimum atomic E-state index is 0.0573. The smallest absolute Gasteiger partial charge is 0.257 e. The van der Waals surface area contributed by atoms with Gasteiger partial charge in [0.15, 0.2) is 5.58 Å². The number of thioether (sulfide) groups is 1. The molecule has 1 atom stereocenters. The lowest BCUT2D eigenvalue weighted by molar-refractivity contribution is -0.120. The van der Waals surface area contributed by atoms with Gasteiger partial charge in [-0.15, -0.1) is 0 Å². The van der Waals surface area contributed by atoms with Crippen LogP contribution in [0.5, 0.6) is 0 Å². The highest BCUT2D eigenvalue weighted by atomic mass is 32.2. The van der Waals surface area contributed by atoms with E-state index in [0.29, 0.717) is 24.2 Å². The summed E-state index contributed by atoms with van der Waals surface area (Å²) in [6.07, 6.45) is 0.840. The summed E-state index contributed by atoms with van der Waals surface area (Å²) in [5.74, 6) is 0.683. The zero-order chi connectivity index (χ0) is 12.4. The molecule has 0 amide bonds. The van der Waals surface area contributed by atoms with E-state index >= 15 is 0 Å². The lowest BCUT2D eigenvalue weighted by Gasteiger charge is -2.03. The van der Waals surface area contributed by atoms with Gasteiger partial charge in [-0.25, -0.2) is 4.98 Å². The van der Waals surface area contributed by atoms with Gasteiger partial charge >= 0.3 is 0 Å². The van der Waals surface area contributed by atoms with Gasteiger partial charge in [0.05, 0.1) is 12.4 Å². The number of carbonyl (C=O) groups is 1. The van der Waals surface area contributed by atoms with Crippen LogP contribution in [-0.4, -0.2) is 29.7 Å². The van der Waals surface area contributed by atoms with E-state index in [-0.39, 0.29) is 11.7 Å². The molecule has 0 aliphatic carbocycles. The topological polar surface area (TPSA) is 52.3 Å². The van der Waals surface area contributed by atoms with Crippen molar-refractivity contribution in [1.82, 2.24) is 4.98 Å². The standard InChI is InChI=1S/C13H13NO3S/c15-11(9-5-6-16-7-9)8-18-13-14-10-3-1-2-4-12(10)17-13/h1-4,9H,5-8H2. The predicted molar refractivity (Wildman–Crippen MR) is 68.7 cm³/mol. The molecule has 3 rings (SSSR count). The van der Waals surface area contributed by atoms with Crippen LogP contribution in [0.15, 0.2) is 33.9 Å². The summed E-state index contributed by atoms with van der Waals surface area (Å²) in [5.41, 5.74) is 1.59. The zero-order valence-electron chi connectivity index (χ0n) is 9.80. The lowest BCUT2D eigenvalue weighted by Crippen LogP contribution is -2.16. The highest BCUT2D eigenvalue weighted by molar-refractivity contribution is 7.99. The number of aromatic nitrogens is 1. The van der Waals surface area contributed by atoms with Crippen molar-refractivity contribution < 1.29 is 13.9 Å². The van der Waals surface area contributed by atoms with Gasteiger partial charge < -0.3 is 9.15 Å². The van der Waals surface area contributed by atoms with E-state index in [0.717, 1.165) is 17.5 Å². The first kappa shape index (κ1) is 11.7. The van der Waals surface area contributed by atoms with Crippen molar-refractivity contribution in [3.8, 4) is 0 Å². The molecule has 5 heteroatoms. The second-order valence-corrected chi connectivity index (χ2v) is 5.19. The number of nitrogens with zero attached hydrogens (tertiary/aromatic N) is 1. The molecule has 1 fully saturated rings. The molecule has 0 spiro atoms. The van der Waals surface area contributed by atoms with E-state index in [4.69, 9.17) is 9.15 Å². The molecule has 4 nitrogen and oxygen atoms in total. The summed E-state index contributed by atoms with van der Waals surface area (Å²) < 4.78 is 10.8. The van der Waals surface area contributed by atoms with Gasteiger partial charge in [0.2, 0.25) is 0 Å². The molecule has 0 radical (unpaired) electrons. The number of para-hydroxylation sites is 2. The number of oxazole rings is 1. The molecule has 1 aromatic carbocycles. The molecule has 1 aliphatic rings. The van der Waals surface area contributed by atoms with Gasteiger partial charge in [-0.3, -0.25) is 4.79 Å². The minimum Gasteiger partial charge on any atom is -0.431 e. The maximum Gasteiger partial charge on any atom is 0.257 e. The van der Waals surface area contributed by atoms with E-state index in [1.165, 1.54) is 11.8 Å². The van der Waals surface area contributed by atoms with Gasteiger partial charge in [0.1, 0.15) is 11.3 Å². The third kappa shape index (κ3) is 2.42. The Morgan fingerprint density at radius 3 is 3.11 bits per heavy atom. The van der Waals surface area contributed by atoms with E-state index < -0.39 is 0 Å². The second-order valence-electron chi connectivity index (χ2n) is 4.26. The van der Waals surface area contributed by atoms with Crippen LogP contribution >= 0.6 is 11.8 Å². The van der Waals surface area contributed by atoms with Crippen molar-refractivity contribution in [1.29, 1.82) is 0 Å². The number of fused-ring (bicyclic) bond motifs is 1. The predicted octanol–water partition coefficient (Wildman–Crippen LogP) is 2.53. The zero-order valence-corrected chi connectivity index (χ0v) is 10.6. The number of Topliss-reactive ketones (excluding diaryl/α,β-unsaturated/α-hetero) is 1. The SMILES string of the molecule is O=C(CSc1nc2ccccc2o1)C1CCOC1. The molecule has 1 aliphatic heterocycles. The first-order valence-corrected chi connectivity index (χ1v) is 6.90. The normalized spacial score (nSPS) is 19.4. The summed E-state index contributed by atoms with van der Waals surface area (Å²) in [7, 11) is 0. The first-order chi connectivity index (χ1) is 8.83. The maximum absolute atomic E-state index is 11.9. The Bertz CT molecular complexity index is 527. The quantitative estimate of drug-likeness (QED) is 0.793. The molecule has 1 saturated heterocycles. The largest absolute Gasteiger partial charge is 0.431 e. The summed E-state index contributed by atoms with van der Waals surface area (Å²) in [5, 5.41) is 0.559. The van der Waals surface area contributed by atoms with Crippen molar-refractivity contribution in [2.24, 2.45) is 5.92 Å². The van der Waals surface area contributed by atoms with E-state index in [2.05, 4.69) is 4.98 Å². The highest BCUT2D eigenvalue weighted by Crippen LogP contribution is 2.24. The Morgan fingerprint density at radius 2 is 2.33 bits per heavy atom. The summed E-state index contributed by atoms with van der Waals surface area (Å²) in [6, 6.07) is 7.60. The van der Waals surface area contributed by atoms with E-state index in [9.17, 15) is 4.79 Å². The van der Waals surface area contributed by atoms with Gasteiger partial charge in [0, 0.05) is 12.5 Å². The van der Waals surface area contributed by atoms with Crippen LogP contribution < -0.4 is 0 Å². The van der Waals surface area contributed by atoms with Crippen LogP contribution in [0.4, 0.5) is 0 Å². The van der Waals surface area contributed by atoms with Crippen LogP contribution in [-0.2, 0) is 9.53 Å².